The zero-order valence-electron chi connectivity index (χ0n) is 15.4. The van der Waals surface area contributed by atoms with E-state index in [2.05, 4.69) is 27.0 Å². The maximum Gasteiger partial charge on any atom is 0.236 e. The number of likely N-dealkylation sites (tertiary alicyclic amines) is 1. The number of amides is 1. The molecule has 5 rings (SSSR count). The molecule has 0 saturated carbocycles. The molecule has 0 N–H and O–H groups in total. The number of piperidine rings is 1. The number of hydrogen-bond donors (Lipinski definition) is 0. The molecular weight excluding hydrogens is 340 g/mol. The fourth-order valence-corrected chi connectivity index (χ4v) is 4.91. The number of carbonyl (C=O) groups excluding carboxylic acids is 1. The first-order valence-electron chi connectivity index (χ1n) is 9.78. The molecule has 1 amide bonds. The number of anilines is 2. The number of benzene rings is 1. The minimum atomic E-state index is -0.0745. The van der Waals surface area contributed by atoms with Gasteiger partial charge in [-0.1, -0.05) is 18.2 Å². The number of para-hydroxylation sites is 1. The highest BCUT2D eigenvalue weighted by Gasteiger charge is 2.46. The molecule has 2 saturated heterocycles. The summed E-state index contributed by atoms with van der Waals surface area (Å²) in [4.78, 5) is 26.1. The second-order valence-corrected chi connectivity index (χ2v) is 7.81. The maximum absolute atomic E-state index is 13.2. The van der Waals surface area contributed by atoms with E-state index in [0.717, 1.165) is 51.3 Å². The molecule has 0 bridgehead atoms. The molecule has 3 aliphatic heterocycles. The fourth-order valence-electron chi connectivity index (χ4n) is 4.91. The number of rotatable bonds is 2. The number of ether oxygens (including phenoxy) is 1. The van der Waals surface area contributed by atoms with Gasteiger partial charge in [0.05, 0.1) is 12.3 Å². The number of hydrogen-bond acceptors (Lipinski definition) is 5. The van der Waals surface area contributed by atoms with Gasteiger partial charge in [-0.05, 0) is 50.0 Å². The molecule has 1 atom stereocenters. The predicted octanol–water partition coefficient (Wildman–Crippen LogP) is 2.67. The predicted molar refractivity (Wildman–Crippen MR) is 102 cm³/mol. The van der Waals surface area contributed by atoms with Crippen molar-refractivity contribution < 1.29 is 9.53 Å². The molecule has 1 aromatic heterocycles. The molecule has 2 aromatic rings. The van der Waals surface area contributed by atoms with Crippen LogP contribution in [0.25, 0.3) is 0 Å². The number of fused-ring (bicyclic) bond motifs is 2. The molecule has 6 heteroatoms. The smallest absolute Gasteiger partial charge is 0.236 e. The summed E-state index contributed by atoms with van der Waals surface area (Å²) < 4.78 is 5.57. The van der Waals surface area contributed by atoms with Crippen molar-refractivity contribution >= 4 is 17.5 Å². The lowest BCUT2D eigenvalue weighted by atomic mass is 9.67. The van der Waals surface area contributed by atoms with Crippen LogP contribution in [0.4, 0.5) is 11.6 Å². The van der Waals surface area contributed by atoms with Gasteiger partial charge in [-0.25, -0.2) is 14.9 Å². The second-order valence-electron chi connectivity index (χ2n) is 7.81. The fraction of sp³-hybridized carbons (Fsp3) is 0.476. The Kier molecular flexibility index (Phi) is 4.17. The summed E-state index contributed by atoms with van der Waals surface area (Å²) in [5, 5.41) is 0. The summed E-state index contributed by atoms with van der Waals surface area (Å²) in [6.07, 6.45) is 7.04. The maximum atomic E-state index is 13.2. The van der Waals surface area contributed by atoms with Crippen LogP contribution in [0.15, 0.2) is 42.7 Å². The Hall–Kier alpha value is -2.31. The van der Waals surface area contributed by atoms with E-state index < -0.39 is 0 Å². The molecule has 1 unspecified atom stereocenters. The number of nitrogens with zero attached hydrogens (tertiary/aromatic N) is 4. The standard InChI is InChI=1S/C21H24N4O2/c26-19-14-21(7-11-24(12-8-21)16-6-13-27-15-16)17-4-1-2-5-18(17)25(19)20-22-9-3-10-23-20/h1-5,9-10,16H,6-8,11-15H2. The van der Waals surface area contributed by atoms with Crippen molar-refractivity contribution in [3.05, 3.63) is 48.3 Å². The van der Waals surface area contributed by atoms with E-state index >= 15 is 0 Å². The normalized spacial score (nSPS) is 25.0. The van der Waals surface area contributed by atoms with E-state index in [1.54, 1.807) is 23.4 Å². The van der Waals surface area contributed by atoms with Gasteiger partial charge in [-0.3, -0.25) is 9.69 Å². The third-order valence-corrected chi connectivity index (χ3v) is 6.38. The van der Waals surface area contributed by atoms with Crippen molar-refractivity contribution in [3.63, 3.8) is 0 Å². The number of aromatic nitrogens is 2. The zero-order chi connectivity index (χ0) is 18.3. The first-order chi connectivity index (χ1) is 13.3. The summed E-state index contributed by atoms with van der Waals surface area (Å²) in [5.41, 5.74) is 2.13. The van der Waals surface area contributed by atoms with Crippen LogP contribution in [0.3, 0.4) is 0 Å². The van der Waals surface area contributed by atoms with Crippen molar-refractivity contribution in [1.82, 2.24) is 14.9 Å². The van der Waals surface area contributed by atoms with Gasteiger partial charge in [-0.2, -0.15) is 0 Å². The van der Waals surface area contributed by atoms with E-state index in [0.29, 0.717) is 18.4 Å². The van der Waals surface area contributed by atoms with Crippen LogP contribution in [0.5, 0.6) is 0 Å². The molecular formula is C21H24N4O2. The third kappa shape index (κ3) is 2.84. The Morgan fingerprint density at radius 3 is 2.59 bits per heavy atom. The van der Waals surface area contributed by atoms with Crippen molar-refractivity contribution in [2.45, 2.75) is 37.1 Å². The summed E-state index contributed by atoms with van der Waals surface area (Å²) in [7, 11) is 0. The zero-order valence-corrected chi connectivity index (χ0v) is 15.4. The van der Waals surface area contributed by atoms with Crippen LogP contribution in [-0.2, 0) is 14.9 Å². The van der Waals surface area contributed by atoms with Crippen molar-refractivity contribution in [1.29, 1.82) is 0 Å². The highest BCUT2D eigenvalue weighted by atomic mass is 16.5. The Labute approximate surface area is 159 Å². The minimum Gasteiger partial charge on any atom is -0.380 e. The Morgan fingerprint density at radius 1 is 1.07 bits per heavy atom. The van der Waals surface area contributed by atoms with E-state index in [1.165, 1.54) is 5.56 Å². The third-order valence-electron chi connectivity index (χ3n) is 6.38. The van der Waals surface area contributed by atoms with Crippen LogP contribution in [0.2, 0.25) is 0 Å². The van der Waals surface area contributed by atoms with Gasteiger partial charge in [0.25, 0.3) is 0 Å². The van der Waals surface area contributed by atoms with E-state index in [9.17, 15) is 4.79 Å². The molecule has 0 radical (unpaired) electrons. The molecule has 4 heterocycles. The van der Waals surface area contributed by atoms with Gasteiger partial charge in [-0.15, -0.1) is 0 Å². The van der Waals surface area contributed by atoms with Crippen LogP contribution >= 0.6 is 0 Å². The van der Waals surface area contributed by atoms with Gasteiger partial charge >= 0.3 is 0 Å². The quantitative estimate of drug-likeness (QED) is 0.820. The SMILES string of the molecule is O=C1CC2(CCN(C3CCOC3)CC2)c2ccccc2N1c1ncccn1. The lowest BCUT2D eigenvalue weighted by Gasteiger charge is -2.47. The summed E-state index contributed by atoms with van der Waals surface area (Å²) in [6.45, 7) is 3.77. The molecule has 1 aromatic carbocycles. The van der Waals surface area contributed by atoms with E-state index in [1.807, 2.05) is 12.1 Å². The van der Waals surface area contributed by atoms with Crippen LogP contribution in [0.1, 0.15) is 31.2 Å². The number of carbonyl (C=O) groups is 1. The summed E-state index contributed by atoms with van der Waals surface area (Å²) in [5.74, 6) is 0.558. The molecule has 3 aliphatic rings. The van der Waals surface area contributed by atoms with Crippen molar-refractivity contribution in [2.24, 2.45) is 0 Å². The lowest BCUT2D eigenvalue weighted by Crippen LogP contribution is -2.51. The molecule has 2 fully saturated rings. The van der Waals surface area contributed by atoms with Gasteiger partial charge in [0.2, 0.25) is 11.9 Å². The average molecular weight is 364 g/mol. The molecule has 1 spiro atoms. The molecule has 27 heavy (non-hydrogen) atoms. The van der Waals surface area contributed by atoms with Crippen LogP contribution in [0, 0.1) is 0 Å². The van der Waals surface area contributed by atoms with Gasteiger partial charge < -0.3 is 4.74 Å². The van der Waals surface area contributed by atoms with Crippen LogP contribution in [-0.4, -0.2) is 53.1 Å². The van der Waals surface area contributed by atoms with Gasteiger partial charge in [0.15, 0.2) is 0 Å². The van der Waals surface area contributed by atoms with Gasteiger partial charge in [0.1, 0.15) is 0 Å². The molecule has 6 nitrogen and oxygen atoms in total. The van der Waals surface area contributed by atoms with Gasteiger partial charge in [0, 0.05) is 36.9 Å². The minimum absolute atomic E-state index is 0.0745. The summed E-state index contributed by atoms with van der Waals surface area (Å²) >= 11 is 0. The molecule has 0 aliphatic carbocycles. The van der Waals surface area contributed by atoms with E-state index in [-0.39, 0.29) is 11.3 Å². The molecule has 140 valence electrons. The first-order valence-corrected chi connectivity index (χ1v) is 9.78. The first kappa shape index (κ1) is 16.8. The van der Waals surface area contributed by atoms with E-state index in [4.69, 9.17) is 4.74 Å². The lowest BCUT2D eigenvalue weighted by molar-refractivity contribution is -0.120. The topological polar surface area (TPSA) is 58.6 Å². The Morgan fingerprint density at radius 2 is 1.85 bits per heavy atom. The average Bonchev–Trinajstić information content (AvgIpc) is 3.24. The van der Waals surface area contributed by atoms with Crippen molar-refractivity contribution in [2.75, 3.05) is 31.2 Å². The highest BCUT2D eigenvalue weighted by molar-refractivity contribution is 6.02. The Bertz CT molecular complexity index is 827. The monoisotopic (exact) mass is 364 g/mol. The highest BCUT2D eigenvalue weighted by Crippen LogP contribution is 2.48. The largest absolute Gasteiger partial charge is 0.380 e. The second kappa shape index (κ2) is 6.69. The van der Waals surface area contributed by atoms with Crippen molar-refractivity contribution in [3.8, 4) is 0 Å². The summed E-state index contributed by atoms with van der Waals surface area (Å²) in [6, 6.07) is 10.6. The Balaban J connectivity index is 1.47. The van der Waals surface area contributed by atoms with Crippen LogP contribution < -0.4 is 4.90 Å².